The fourth-order valence-corrected chi connectivity index (χ4v) is 2.42. The van der Waals surface area contributed by atoms with Crippen molar-refractivity contribution in [2.75, 3.05) is 25.0 Å². The number of halogens is 2. The molecule has 1 aromatic carbocycles. The van der Waals surface area contributed by atoms with Crippen molar-refractivity contribution in [3.05, 3.63) is 28.8 Å². The van der Waals surface area contributed by atoms with Gasteiger partial charge in [0.05, 0.1) is 10.7 Å². The van der Waals surface area contributed by atoms with Crippen LogP contribution < -0.4 is 10.6 Å². The van der Waals surface area contributed by atoms with Crippen LogP contribution in [0.1, 0.15) is 25.8 Å². The van der Waals surface area contributed by atoms with Gasteiger partial charge in [-0.2, -0.15) is 0 Å². The lowest BCUT2D eigenvalue weighted by molar-refractivity contribution is 0.221. The second kappa shape index (κ2) is 5.45. The molecule has 0 spiro atoms. The average molecular weight is 271 g/mol. The molecule has 2 nitrogen and oxygen atoms in total. The molecule has 1 heterocycles. The van der Waals surface area contributed by atoms with E-state index in [-0.39, 0.29) is 0 Å². The van der Waals surface area contributed by atoms with Crippen LogP contribution in [0.3, 0.4) is 0 Å². The molecule has 1 fully saturated rings. The standard InChI is InChI=1S/C14H20ClFN2/c1-14(2,16)11-3-4-13(12(15)7-11)18-9-10-5-6-17-8-10/h3-4,7,10,17-18H,5-6,8-9H2,1-2H3. The summed E-state index contributed by atoms with van der Waals surface area (Å²) in [7, 11) is 0. The summed E-state index contributed by atoms with van der Waals surface area (Å²) < 4.78 is 13.8. The Kier molecular flexibility index (Phi) is 4.13. The van der Waals surface area contributed by atoms with E-state index in [2.05, 4.69) is 10.6 Å². The van der Waals surface area contributed by atoms with Crippen LogP contribution >= 0.6 is 11.6 Å². The molecule has 0 aromatic heterocycles. The van der Waals surface area contributed by atoms with Crippen LogP contribution in [0.15, 0.2) is 18.2 Å². The number of benzene rings is 1. The lowest BCUT2D eigenvalue weighted by Crippen LogP contribution is -2.17. The number of anilines is 1. The van der Waals surface area contributed by atoms with Crippen molar-refractivity contribution in [2.45, 2.75) is 25.9 Å². The molecule has 0 saturated carbocycles. The minimum Gasteiger partial charge on any atom is -0.384 e. The highest BCUT2D eigenvalue weighted by molar-refractivity contribution is 6.33. The van der Waals surface area contributed by atoms with Gasteiger partial charge in [0.15, 0.2) is 0 Å². The summed E-state index contributed by atoms with van der Waals surface area (Å²) in [5, 5.41) is 7.26. The van der Waals surface area contributed by atoms with Gasteiger partial charge in [0.1, 0.15) is 5.67 Å². The van der Waals surface area contributed by atoms with E-state index in [1.807, 2.05) is 6.07 Å². The quantitative estimate of drug-likeness (QED) is 0.874. The van der Waals surface area contributed by atoms with E-state index < -0.39 is 5.67 Å². The van der Waals surface area contributed by atoms with E-state index in [4.69, 9.17) is 11.6 Å². The van der Waals surface area contributed by atoms with Crippen LogP contribution in [0.25, 0.3) is 0 Å². The first-order valence-electron chi connectivity index (χ1n) is 6.40. The molecule has 1 atom stereocenters. The summed E-state index contributed by atoms with van der Waals surface area (Å²) in [6.45, 7) is 6.13. The first kappa shape index (κ1) is 13.6. The second-order valence-corrected chi connectivity index (χ2v) is 5.81. The van der Waals surface area contributed by atoms with Crippen LogP contribution in [0.4, 0.5) is 10.1 Å². The number of hydrogen-bond acceptors (Lipinski definition) is 2. The van der Waals surface area contributed by atoms with E-state index >= 15 is 0 Å². The second-order valence-electron chi connectivity index (χ2n) is 5.41. The molecular weight excluding hydrogens is 251 g/mol. The predicted octanol–water partition coefficient (Wildman–Crippen LogP) is 3.57. The van der Waals surface area contributed by atoms with E-state index in [1.165, 1.54) is 20.3 Å². The van der Waals surface area contributed by atoms with Crippen LogP contribution in [-0.2, 0) is 5.67 Å². The predicted molar refractivity (Wildman–Crippen MR) is 75.1 cm³/mol. The molecular formula is C14H20ClFN2. The Hall–Kier alpha value is -0.800. The highest BCUT2D eigenvalue weighted by atomic mass is 35.5. The van der Waals surface area contributed by atoms with Crippen molar-refractivity contribution in [1.29, 1.82) is 0 Å². The molecule has 0 bridgehead atoms. The molecule has 100 valence electrons. The van der Waals surface area contributed by atoms with Crippen molar-refractivity contribution in [3.63, 3.8) is 0 Å². The lowest BCUT2D eigenvalue weighted by Gasteiger charge is -2.17. The summed E-state index contributed by atoms with van der Waals surface area (Å²) in [6.07, 6.45) is 1.19. The van der Waals surface area contributed by atoms with Crippen LogP contribution in [0.5, 0.6) is 0 Å². The van der Waals surface area contributed by atoms with Gasteiger partial charge in [-0.1, -0.05) is 17.7 Å². The largest absolute Gasteiger partial charge is 0.384 e. The number of nitrogens with one attached hydrogen (secondary N) is 2. The first-order chi connectivity index (χ1) is 8.47. The van der Waals surface area contributed by atoms with Crippen molar-refractivity contribution >= 4 is 17.3 Å². The molecule has 1 saturated heterocycles. The third-order valence-corrected chi connectivity index (χ3v) is 3.71. The Morgan fingerprint density at radius 2 is 2.28 bits per heavy atom. The number of hydrogen-bond donors (Lipinski definition) is 2. The molecule has 0 radical (unpaired) electrons. The Labute approximate surface area is 113 Å². The van der Waals surface area contributed by atoms with Crippen molar-refractivity contribution < 1.29 is 4.39 Å². The van der Waals surface area contributed by atoms with Crippen LogP contribution in [0, 0.1) is 5.92 Å². The van der Waals surface area contributed by atoms with Gasteiger partial charge in [0.25, 0.3) is 0 Å². The molecule has 4 heteroatoms. The van der Waals surface area contributed by atoms with Gasteiger partial charge in [-0.15, -0.1) is 0 Å². The van der Waals surface area contributed by atoms with Crippen LogP contribution in [-0.4, -0.2) is 19.6 Å². The van der Waals surface area contributed by atoms with Gasteiger partial charge in [-0.05, 0) is 57.0 Å². The number of alkyl halides is 1. The van der Waals surface area contributed by atoms with E-state index in [9.17, 15) is 4.39 Å². The minimum atomic E-state index is -1.35. The molecule has 0 aliphatic carbocycles. The van der Waals surface area contributed by atoms with Gasteiger partial charge < -0.3 is 10.6 Å². The first-order valence-corrected chi connectivity index (χ1v) is 6.78. The Balaban J connectivity index is 2.01. The summed E-state index contributed by atoms with van der Waals surface area (Å²) >= 11 is 6.18. The minimum absolute atomic E-state index is 0.587. The highest BCUT2D eigenvalue weighted by Crippen LogP contribution is 2.31. The fraction of sp³-hybridized carbons (Fsp3) is 0.571. The fourth-order valence-electron chi connectivity index (χ4n) is 2.17. The molecule has 1 aliphatic rings. The highest BCUT2D eigenvalue weighted by Gasteiger charge is 2.20. The summed E-state index contributed by atoms with van der Waals surface area (Å²) in [5.74, 6) is 0.651. The maximum Gasteiger partial charge on any atom is 0.130 e. The van der Waals surface area contributed by atoms with Crippen molar-refractivity contribution in [2.24, 2.45) is 5.92 Å². The Morgan fingerprint density at radius 3 is 2.83 bits per heavy atom. The maximum absolute atomic E-state index is 13.8. The number of rotatable bonds is 4. The van der Waals surface area contributed by atoms with E-state index in [1.54, 1.807) is 12.1 Å². The third kappa shape index (κ3) is 3.36. The summed E-state index contributed by atoms with van der Waals surface area (Å²) in [5.41, 5.74) is 0.148. The molecule has 1 aromatic rings. The zero-order valence-corrected chi connectivity index (χ0v) is 11.6. The molecule has 2 rings (SSSR count). The molecule has 0 amide bonds. The topological polar surface area (TPSA) is 24.1 Å². The van der Waals surface area contributed by atoms with E-state index in [0.717, 1.165) is 25.3 Å². The molecule has 2 N–H and O–H groups in total. The zero-order chi connectivity index (χ0) is 13.2. The van der Waals surface area contributed by atoms with E-state index in [0.29, 0.717) is 16.5 Å². The third-order valence-electron chi connectivity index (χ3n) is 3.40. The van der Waals surface area contributed by atoms with Crippen molar-refractivity contribution in [1.82, 2.24) is 5.32 Å². The SMILES string of the molecule is CC(C)(F)c1ccc(NCC2CCNC2)c(Cl)c1. The van der Waals surface area contributed by atoms with Gasteiger partial charge in [-0.25, -0.2) is 4.39 Å². The molecule has 18 heavy (non-hydrogen) atoms. The molecule has 1 aliphatic heterocycles. The Morgan fingerprint density at radius 1 is 1.50 bits per heavy atom. The lowest BCUT2D eigenvalue weighted by atomic mass is 10.00. The van der Waals surface area contributed by atoms with Crippen LogP contribution in [0.2, 0.25) is 5.02 Å². The molecule has 1 unspecified atom stereocenters. The van der Waals surface area contributed by atoms with Gasteiger partial charge in [-0.3, -0.25) is 0 Å². The zero-order valence-electron chi connectivity index (χ0n) is 10.9. The average Bonchev–Trinajstić information content (AvgIpc) is 2.79. The van der Waals surface area contributed by atoms with Gasteiger partial charge in [0, 0.05) is 6.54 Å². The van der Waals surface area contributed by atoms with Gasteiger partial charge in [0.2, 0.25) is 0 Å². The van der Waals surface area contributed by atoms with Gasteiger partial charge >= 0.3 is 0 Å². The van der Waals surface area contributed by atoms with Crippen molar-refractivity contribution in [3.8, 4) is 0 Å². The smallest absolute Gasteiger partial charge is 0.130 e. The summed E-state index contributed by atoms with van der Waals surface area (Å²) in [6, 6.07) is 5.36. The normalized spacial score (nSPS) is 20.1. The maximum atomic E-state index is 13.8. The summed E-state index contributed by atoms with van der Waals surface area (Å²) in [4.78, 5) is 0. The Bertz CT molecular complexity index is 409. The monoisotopic (exact) mass is 270 g/mol.